The standard InChI is InChI=1S/C25H17ClN4O4S/c26-20-8-7-19(35-20)23(31)29-18-6-2-5-17-22(18)25(33)30(24(17)32)13-14-3-1-4-15(11-14)34-16-9-10-28-21(27)12-16/h1-12H,13H2,(H2,27,28)(H,29,31). The van der Waals surface area contributed by atoms with Gasteiger partial charge in [0.1, 0.15) is 17.3 Å². The summed E-state index contributed by atoms with van der Waals surface area (Å²) >= 11 is 7.04. The molecule has 35 heavy (non-hydrogen) atoms. The van der Waals surface area contributed by atoms with Gasteiger partial charge in [-0.15, -0.1) is 11.3 Å². The highest BCUT2D eigenvalue weighted by molar-refractivity contribution is 7.18. The number of aromatic nitrogens is 1. The molecule has 0 fully saturated rings. The van der Waals surface area contributed by atoms with Gasteiger partial charge < -0.3 is 15.8 Å². The first-order valence-corrected chi connectivity index (χ1v) is 11.6. The van der Waals surface area contributed by atoms with Crippen LogP contribution in [-0.4, -0.2) is 27.6 Å². The van der Waals surface area contributed by atoms with E-state index in [4.69, 9.17) is 22.1 Å². The molecule has 2 aromatic heterocycles. The van der Waals surface area contributed by atoms with E-state index in [1.807, 2.05) is 0 Å². The average Bonchev–Trinajstić information content (AvgIpc) is 3.37. The number of imide groups is 1. The van der Waals surface area contributed by atoms with Crippen LogP contribution in [0.15, 0.2) is 72.9 Å². The number of nitrogens with two attached hydrogens (primary N) is 1. The summed E-state index contributed by atoms with van der Waals surface area (Å²) in [5.74, 6) is 0.0345. The number of thiophene rings is 1. The molecule has 5 rings (SSSR count). The molecular weight excluding hydrogens is 488 g/mol. The molecule has 0 unspecified atom stereocenters. The summed E-state index contributed by atoms with van der Waals surface area (Å²) in [6.45, 7) is 0.0376. The molecular formula is C25H17ClN4O4S. The van der Waals surface area contributed by atoms with Crippen molar-refractivity contribution in [3.05, 3.63) is 98.8 Å². The summed E-state index contributed by atoms with van der Waals surface area (Å²) in [7, 11) is 0. The Bertz CT molecular complexity index is 1490. The van der Waals surface area contributed by atoms with Crippen LogP contribution in [0.5, 0.6) is 11.5 Å². The summed E-state index contributed by atoms with van der Waals surface area (Å²) in [6.07, 6.45) is 1.54. The summed E-state index contributed by atoms with van der Waals surface area (Å²) in [4.78, 5) is 44.4. The van der Waals surface area contributed by atoms with Crippen molar-refractivity contribution in [2.45, 2.75) is 6.54 Å². The lowest BCUT2D eigenvalue weighted by molar-refractivity contribution is 0.0642. The maximum absolute atomic E-state index is 13.3. The number of fused-ring (bicyclic) bond motifs is 1. The lowest BCUT2D eigenvalue weighted by Crippen LogP contribution is -2.29. The molecule has 1 aliphatic heterocycles. The number of anilines is 2. The second-order valence-electron chi connectivity index (χ2n) is 7.65. The number of nitrogens with one attached hydrogen (secondary N) is 1. The van der Waals surface area contributed by atoms with Crippen molar-refractivity contribution in [3.8, 4) is 11.5 Å². The Morgan fingerprint density at radius 2 is 1.83 bits per heavy atom. The molecule has 0 aliphatic carbocycles. The van der Waals surface area contributed by atoms with E-state index in [1.165, 1.54) is 6.20 Å². The maximum atomic E-state index is 13.3. The van der Waals surface area contributed by atoms with E-state index in [-0.39, 0.29) is 23.4 Å². The molecule has 4 aromatic rings. The minimum absolute atomic E-state index is 0.0376. The van der Waals surface area contributed by atoms with Crippen molar-refractivity contribution in [1.82, 2.24) is 9.88 Å². The van der Waals surface area contributed by atoms with E-state index in [2.05, 4.69) is 10.3 Å². The number of hydrogen-bond acceptors (Lipinski definition) is 7. The number of hydrogen-bond donors (Lipinski definition) is 2. The third-order valence-corrected chi connectivity index (χ3v) is 6.50. The number of benzene rings is 2. The Morgan fingerprint density at radius 1 is 1.03 bits per heavy atom. The van der Waals surface area contributed by atoms with E-state index in [1.54, 1.807) is 66.7 Å². The van der Waals surface area contributed by atoms with E-state index >= 15 is 0 Å². The molecule has 3 heterocycles. The van der Waals surface area contributed by atoms with Crippen LogP contribution < -0.4 is 15.8 Å². The van der Waals surface area contributed by atoms with E-state index in [9.17, 15) is 14.4 Å². The fraction of sp³-hybridized carbons (Fsp3) is 0.0400. The lowest BCUT2D eigenvalue weighted by Gasteiger charge is -2.15. The first kappa shape index (κ1) is 22.6. The van der Waals surface area contributed by atoms with Gasteiger partial charge in [-0.25, -0.2) is 4.98 Å². The second-order valence-corrected chi connectivity index (χ2v) is 9.36. The molecule has 8 nitrogen and oxygen atoms in total. The zero-order valence-electron chi connectivity index (χ0n) is 18.0. The van der Waals surface area contributed by atoms with Gasteiger partial charge in [-0.05, 0) is 48.0 Å². The van der Waals surface area contributed by atoms with Crippen LogP contribution in [0.3, 0.4) is 0 Å². The monoisotopic (exact) mass is 504 g/mol. The average molecular weight is 505 g/mol. The number of nitrogen functional groups attached to an aromatic ring is 1. The SMILES string of the molecule is Nc1cc(Oc2cccc(CN3C(=O)c4cccc(NC(=O)c5ccc(Cl)s5)c4C3=O)c2)ccn1. The Morgan fingerprint density at radius 3 is 2.60 bits per heavy atom. The van der Waals surface area contributed by atoms with Gasteiger partial charge in [0.05, 0.1) is 32.6 Å². The van der Waals surface area contributed by atoms with Crippen LogP contribution in [-0.2, 0) is 6.54 Å². The number of carbonyl (C=O) groups excluding carboxylic acids is 3. The Kier molecular flexibility index (Phi) is 5.94. The van der Waals surface area contributed by atoms with Crippen LogP contribution in [0.25, 0.3) is 0 Å². The van der Waals surface area contributed by atoms with Crippen molar-refractivity contribution in [3.63, 3.8) is 0 Å². The van der Waals surface area contributed by atoms with Crippen molar-refractivity contribution >= 4 is 52.2 Å². The number of pyridine rings is 1. The molecule has 0 radical (unpaired) electrons. The molecule has 0 bridgehead atoms. The van der Waals surface area contributed by atoms with Crippen molar-refractivity contribution in [2.24, 2.45) is 0 Å². The molecule has 2 aromatic carbocycles. The molecule has 0 atom stereocenters. The number of halogens is 1. The molecule has 1 aliphatic rings. The van der Waals surface area contributed by atoms with E-state index in [0.29, 0.717) is 32.1 Å². The van der Waals surface area contributed by atoms with Crippen LogP contribution in [0.1, 0.15) is 36.0 Å². The van der Waals surface area contributed by atoms with Gasteiger partial charge >= 0.3 is 0 Å². The normalized spacial score (nSPS) is 12.5. The molecule has 174 valence electrons. The first-order chi connectivity index (χ1) is 16.9. The van der Waals surface area contributed by atoms with Crippen molar-refractivity contribution in [2.75, 3.05) is 11.1 Å². The smallest absolute Gasteiger partial charge is 0.265 e. The number of amides is 3. The minimum atomic E-state index is -0.488. The highest BCUT2D eigenvalue weighted by Gasteiger charge is 2.37. The van der Waals surface area contributed by atoms with Gasteiger partial charge in [0.2, 0.25) is 0 Å². The van der Waals surface area contributed by atoms with Gasteiger partial charge in [-0.3, -0.25) is 19.3 Å². The molecule has 3 amide bonds. The lowest BCUT2D eigenvalue weighted by atomic mass is 10.1. The zero-order valence-corrected chi connectivity index (χ0v) is 19.6. The van der Waals surface area contributed by atoms with Crippen molar-refractivity contribution < 1.29 is 19.1 Å². The highest BCUT2D eigenvalue weighted by Crippen LogP contribution is 2.32. The largest absolute Gasteiger partial charge is 0.457 e. The predicted octanol–water partition coefficient (Wildman–Crippen LogP) is 5.22. The zero-order chi connectivity index (χ0) is 24.5. The summed E-state index contributed by atoms with van der Waals surface area (Å²) in [6, 6.07) is 18.3. The predicted molar refractivity (Wildman–Crippen MR) is 133 cm³/mol. The fourth-order valence-corrected chi connectivity index (χ4v) is 4.66. The van der Waals surface area contributed by atoms with E-state index in [0.717, 1.165) is 16.2 Å². The van der Waals surface area contributed by atoms with Gasteiger partial charge in [-0.1, -0.05) is 29.8 Å². The quantitative estimate of drug-likeness (QED) is 0.348. The summed E-state index contributed by atoms with van der Waals surface area (Å²) < 4.78 is 6.30. The molecule has 0 saturated heterocycles. The molecule has 3 N–H and O–H groups in total. The number of carbonyl (C=O) groups is 3. The molecule has 10 heteroatoms. The van der Waals surface area contributed by atoms with Crippen LogP contribution in [0.2, 0.25) is 4.34 Å². The van der Waals surface area contributed by atoms with Crippen LogP contribution in [0, 0.1) is 0 Å². The summed E-state index contributed by atoms with van der Waals surface area (Å²) in [5, 5.41) is 2.73. The Balaban J connectivity index is 1.36. The van der Waals surface area contributed by atoms with Crippen molar-refractivity contribution in [1.29, 1.82) is 0 Å². The third-order valence-electron chi connectivity index (χ3n) is 5.27. The van der Waals surface area contributed by atoms with Crippen LogP contribution in [0.4, 0.5) is 11.5 Å². The minimum Gasteiger partial charge on any atom is -0.457 e. The number of ether oxygens (including phenoxy) is 1. The topological polar surface area (TPSA) is 115 Å². The molecule has 0 spiro atoms. The van der Waals surface area contributed by atoms with Gasteiger partial charge in [0.25, 0.3) is 17.7 Å². The first-order valence-electron chi connectivity index (χ1n) is 10.4. The Labute approximate surface area is 208 Å². The molecule has 0 saturated carbocycles. The highest BCUT2D eigenvalue weighted by atomic mass is 35.5. The van der Waals surface area contributed by atoms with Crippen LogP contribution >= 0.6 is 22.9 Å². The summed E-state index contributed by atoms with van der Waals surface area (Å²) in [5.41, 5.74) is 7.05. The third kappa shape index (κ3) is 4.59. The fourth-order valence-electron chi connectivity index (χ4n) is 3.72. The maximum Gasteiger partial charge on any atom is 0.265 e. The van der Waals surface area contributed by atoms with Gasteiger partial charge in [0, 0.05) is 12.3 Å². The number of nitrogens with zero attached hydrogens (tertiary/aromatic N) is 2. The number of rotatable bonds is 6. The van der Waals surface area contributed by atoms with Gasteiger partial charge in [0.15, 0.2) is 0 Å². The Hall–Kier alpha value is -4.21. The van der Waals surface area contributed by atoms with E-state index < -0.39 is 17.7 Å². The second kappa shape index (κ2) is 9.21. The van der Waals surface area contributed by atoms with Gasteiger partial charge in [-0.2, -0.15) is 0 Å².